The van der Waals surface area contributed by atoms with E-state index in [1.165, 1.54) is 11.8 Å². The largest absolute Gasteiger partial charge is 0.383 e. The molecule has 1 aromatic rings. The Morgan fingerprint density at radius 2 is 2.08 bits per heavy atom. The highest BCUT2D eigenvalue weighted by atomic mass is 32.2. The Labute approximate surface area is 146 Å². The molecule has 0 aliphatic heterocycles. The zero-order chi connectivity index (χ0) is 17.4. The van der Waals surface area contributed by atoms with Crippen LogP contribution in [0.5, 0.6) is 0 Å². The number of thioether (sulfide) groups is 1. The van der Waals surface area contributed by atoms with Gasteiger partial charge < -0.3 is 21.1 Å². The molecule has 0 heterocycles. The second-order valence-corrected chi connectivity index (χ2v) is 6.86. The second kappa shape index (κ2) is 9.66. The van der Waals surface area contributed by atoms with E-state index < -0.39 is 0 Å². The SMILES string of the molecule is COCCNC(=O)CSc1ccccc1C(=O)NCC(N)C1CC1. The molecule has 0 aromatic heterocycles. The van der Waals surface area contributed by atoms with Crippen LogP contribution in [0.2, 0.25) is 0 Å². The van der Waals surface area contributed by atoms with Gasteiger partial charge in [-0.3, -0.25) is 9.59 Å². The molecule has 1 fully saturated rings. The highest BCUT2D eigenvalue weighted by Gasteiger charge is 2.28. The summed E-state index contributed by atoms with van der Waals surface area (Å²) in [6.45, 7) is 1.45. The van der Waals surface area contributed by atoms with Gasteiger partial charge in [0, 0.05) is 31.1 Å². The molecular weight excluding hydrogens is 326 g/mol. The molecule has 0 spiro atoms. The van der Waals surface area contributed by atoms with Gasteiger partial charge in [0.1, 0.15) is 0 Å². The molecule has 132 valence electrons. The van der Waals surface area contributed by atoms with Crippen molar-refractivity contribution in [1.82, 2.24) is 10.6 Å². The van der Waals surface area contributed by atoms with Crippen molar-refractivity contribution in [3.8, 4) is 0 Å². The third-order valence-corrected chi connectivity index (χ3v) is 4.92. The first kappa shape index (κ1) is 18.8. The van der Waals surface area contributed by atoms with Crippen LogP contribution in [-0.4, -0.2) is 50.4 Å². The van der Waals surface area contributed by atoms with Crippen LogP contribution in [0.1, 0.15) is 23.2 Å². The lowest BCUT2D eigenvalue weighted by Crippen LogP contribution is -2.38. The molecule has 0 saturated heterocycles. The summed E-state index contributed by atoms with van der Waals surface area (Å²) < 4.78 is 4.89. The predicted molar refractivity (Wildman–Crippen MR) is 95.1 cm³/mol. The Morgan fingerprint density at radius 1 is 1.33 bits per heavy atom. The van der Waals surface area contributed by atoms with Crippen LogP contribution in [0, 0.1) is 5.92 Å². The number of ether oxygens (including phenoxy) is 1. The van der Waals surface area contributed by atoms with Gasteiger partial charge in [-0.15, -0.1) is 11.8 Å². The molecule has 6 nitrogen and oxygen atoms in total. The van der Waals surface area contributed by atoms with Crippen LogP contribution in [-0.2, 0) is 9.53 Å². The minimum atomic E-state index is -0.144. The van der Waals surface area contributed by atoms with Crippen molar-refractivity contribution in [2.24, 2.45) is 11.7 Å². The highest BCUT2D eigenvalue weighted by Crippen LogP contribution is 2.31. The number of hydrogen-bond acceptors (Lipinski definition) is 5. The quantitative estimate of drug-likeness (QED) is 0.432. The zero-order valence-corrected chi connectivity index (χ0v) is 14.7. The van der Waals surface area contributed by atoms with E-state index in [9.17, 15) is 9.59 Å². The van der Waals surface area contributed by atoms with Crippen LogP contribution < -0.4 is 16.4 Å². The van der Waals surface area contributed by atoms with Crippen molar-refractivity contribution in [2.75, 3.05) is 32.6 Å². The average molecular weight is 351 g/mol. The minimum absolute atomic E-state index is 0.0281. The Kier molecular flexibility index (Phi) is 7.55. The molecule has 2 rings (SSSR count). The molecule has 24 heavy (non-hydrogen) atoms. The lowest BCUT2D eigenvalue weighted by Gasteiger charge is -2.13. The summed E-state index contributed by atoms with van der Waals surface area (Å²) >= 11 is 1.35. The molecule has 1 aliphatic rings. The summed E-state index contributed by atoms with van der Waals surface area (Å²) in [7, 11) is 1.59. The van der Waals surface area contributed by atoms with E-state index >= 15 is 0 Å². The van der Waals surface area contributed by atoms with Crippen molar-refractivity contribution in [3.63, 3.8) is 0 Å². The van der Waals surface area contributed by atoms with E-state index in [1.54, 1.807) is 13.2 Å². The van der Waals surface area contributed by atoms with E-state index in [-0.39, 0.29) is 23.6 Å². The maximum absolute atomic E-state index is 12.4. The summed E-state index contributed by atoms with van der Waals surface area (Å²) in [6.07, 6.45) is 2.31. The topological polar surface area (TPSA) is 93.4 Å². The summed E-state index contributed by atoms with van der Waals surface area (Å²) in [4.78, 5) is 24.9. The van der Waals surface area contributed by atoms with Crippen molar-refractivity contribution in [3.05, 3.63) is 29.8 Å². The van der Waals surface area contributed by atoms with E-state index in [4.69, 9.17) is 10.5 Å². The fraction of sp³-hybridized carbons (Fsp3) is 0.529. The van der Waals surface area contributed by atoms with Crippen LogP contribution >= 0.6 is 11.8 Å². The summed E-state index contributed by atoms with van der Waals surface area (Å²) in [6, 6.07) is 7.32. The molecule has 0 radical (unpaired) electrons. The number of amides is 2. The molecular formula is C17H25N3O3S. The van der Waals surface area contributed by atoms with Crippen LogP contribution in [0.3, 0.4) is 0 Å². The van der Waals surface area contributed by atoms with Gasteiger partial charge in [0.25, 0.3) is 5.91 Å². The van der Waals surface area contributed by atoms with E-state index in [2.05, 4.69) is 10.6 Å². The van der Waals surface area contributed by atoms with Crippen molar-refractivity contribution >= 4 is 23.6 Å². The molecule has 1 unspecified atom stereocenters. The minimum Gasteiger partial charge on any atom is -0.383 e. The van der Waals surface area contributed by atoms with E-state index in [1.807, 2.05) is 18.2 Å². The molecule has 1 aliphatic carbocycles. The number of rotatable bonds is 10. The first-order chi connectivity index (χ1) is 11.6. The van der Waals surface area contributed by atoms with Gasteiger partial charge in [-0.25, -0.2) is 0 Å². The Hall–Kier alpha value is -1.57. The number of carbonyl (C=O) groups is 2. The number of carbonyl (C=O) groups excluding carboxylic acids is 2. The lowest BCUT2D eigenvalue weighted by atomic mass is 10.2. The maximum atomic E-state index is 12.4. The van der Waals surface area contributed by atoms with Crippen molar-refractivity contribution < 1.29 is 14.3 Å². The standard InChI is InChI=1S/C17H25N3O3S/c1-23-9-8-19-16(21)11-24-15-5-3-2-4-13(15)17(22)20-10-14(18)12-6-7-12/h2-5,12,14H,6-11,18H2,1H3,(H,19,21)(H,20,22). The van der Waals surface area contributed by atoms with Gasteiger partial charge in [0.05, 0.1) is 17.9 Å². The normalized spacial score (nSPS) is 14.9. The van der Waals surface area contributed by atoms with Gasteiger partial charge in [-0.2, -0.15) is 0 Å². The van der Waals surface area contributed by atoms with E-state index in [0.29, 0.717) is 31.2 Å². The zero-order valence-electron chi connectivity index (χ0n) is 13.9. The smallest absolute Gasteiger partial charge is 0.252 e. The highest BCUT2D eigenvalue weighted by molar-refractivity contribution is 8.00. The van der Waals surface area contributed by atoms with Gasteiger partial charge in [-0.1, -0.05) is 12.1 Å². The monoisotopic (exact) mass is 351 g/mol. The number of hydrogen-bond donors (Lipinski definition) is 3. The summed E-state index contributed by atoms with van der Waals surface area (Å²) in [5.74, 6) is 0.581. The van der Waals surface area contributed by atoms with Crippen molar-refractivity contribution in [2.45, 2.75) is 23.8 Å². The summed E-state index contributed by atoms with van der Waals surface area (Å²) in [5.41, 5.74) is 6.60. The number of benzene rings is 1. The molecule has 0 bridgehead atoms. The van der Waals surface area contributed by atoms with Crippen molar-refractivity contribution in [1.29, 1.82) is 0 Å². The van der Waals surface area contributed by atoms with Crippen LogP contribution in [0.15, 0.2) is 29.2 Å². The maximum Gasteiger partial charge on any atom is 0.252 e. The molecule has 1 saturated carbocycles. The van der Waals surface area contributed by atoms with Gasteiger partial charge in [0.15, 0.2) is 0 Å². The van der Waals surface area contributed by atoms with Crippen LogP contribution in [0.25, 0.3) is 0 Å². The molecule has 7 heteroatoms. The fourth-order valence-electron chi connectivity index (χ4n) is 2.26. The second-order valence-electron chi connectivity index (χ2n) is 5.84. The Balaban J connectivity index is 1.84. The summed E-state index contributed by atoms with van der Waals surface area (Å²) in [5, 5.41) is 5.66. The average Bonchev–Trinajstić information content (AvgIpc) is 3.43. The third-order valence-electron chi connectivity index (χ3n) is 3.84. The Morgan fingerprint density at radius 3 is 2.79 bits per heavy atom. The molecule has 1 aromatic carbocycles. The molecule has 4 N–H and O–H groups in total. The Bertz CT molecular complexity index is 564. The van der Waals surface area contributed by atoms with Gasteiger partial charge in [-0.05, 0) is 30.9 Å². The first-order valence-electron chi connectivity index (χ1n) is 8.13. The predicted octanol–water partition coefficient (Wildman–Crippen LogP) is 1.01. The number of methoxy groups -OCH3 is 1. The lowest BCUT2D eigenvalue weighted by molar-refractivity contribution is -0.118. The molecule has 2 amide bonds. The van der Waals surface area contributed by atoms with Gasteiger partial charge >= 0.3 is 0 Å². The van der Waals surface area contributed by atoms with Crippen LogP contribution in [0.4, 0.5) is 0 Å². The van der Waals surface area contributed by atoms with E-state index in [0.717, 1.165) is 17.7 Å². The number of nitrogens with two attached hydrogens (primary N) is 1. The fourth-order valence-corrected chi connectivity index (χ4v) is 3.14. The molecule has 1 atom stereocenters. The third kappa shape index (κ3) is 6.14. The van der Waals surface area contributed by atoms with Gasteiger partial charge in [0.2, 0.25) is 5.91 Å². The first-order valence-corrected chi connectivity index (χ1v) is 9.11. The number of nitrogens with one attached hydrogen (secondary N) is 2.